The number of hydrogen-bond acceptors (Lipinski definition) is 5. The van der Waals surface area contributed by atoms with Crippen molar-refractivity contribution in [3.63, 3.8) is 0 Å². The molecule has 0 saturated carbocycles. The molecule has 0 radical (unpaired) electrons. The van der Waals surface area contributed by atoms with E-state index in [0.717, 1.165) is 16.8 Å². The zero-order chi connectivity index (χ0) is 19.6. The molecule has 0 fully saturated rings. The lowest BCUT2D eigenvalue weighted by Gasteiger charge is -2.15. The van der Waals surface area contributed by atoms with Crippen molar-refractivity contribution < 1.29 is 17.4 Å². The Labute approximate surface area is 159 Å². The third kappa shape index (κ3) is 4.02. The van der Waals surface area contributed by atoms with Crippen molar-refractivity contribution in [2.75, 3.05) is 18.1 Å². The van der Waals surface area contributed by atoms with Gasteiger partial charge in [-0.1, -0.05) is 28.4 Å². The Bertz CT molecular complexity index is 848. The van der Waals surface area contributed by atoms with Crippen molar-refractivity contribution >= 4 is 39.8 Å². The number of halogens is 5. The Kier molecular flexibility index (Phi) is 6.30. The summed E-state index contributed by atoms with van der Waals surface area (Å²) in [7, 11) is -1.55. The van der Waals surface area contributed by atoms with Crippen molar-refractivity contribution in [2.24, 2.45) is 5.18 Å². The first-order valence-electron chi connectivity index (χ1n) is 7.16. The number of alkyl halides is 3. The Morgan fingerprint density at radius 2 is 1.88 bits per heavy atom. The zero-order valence-electron chi connectivity index (χ0n) is 13.5. The van der Waals surface area contributed by atoms with Crippen LogP contribution in [0.15, 0.2) is 22.2 Å². The second kappa shape index (κ2) is 7.93. The van der Waals surface area contributed by atoms with Crippen LogP contribution < -0.4 is 5.32 Å². The minimum Gasteiger partial charge on any atom is -0.369 e. The molecule has 1 aromatic heterocycles. The zero-order valence-corrected chi connectivity index (χ0v) is 15.9. The van der Waals surface area contributed by atoms with E-state index in [1.165, 1.54) is 6.26 Å². The Morgan fingerprint density at radius 3 is 2.31 bits per heavy atom. The van der Waals surface area contributed by atoms with Gasteiger partial charge in [0.25, 0.3) is 0 Å². The summed E-state index contributed by atoms with van der Waals surface area (Å²) >= 11 is 12.1. The topological polar surface area (TPSA) is 76.3 Å². The standard InChI is InChI=1S/C14H13Cl2F3N4O2S/c1-3-20-13-12(26(2)25)10(6-21-24)22-23(13)11-8(15)4-7(5-9(11)16)14(17,18)19/h4-5,20H,3,6H2,1-2H3. The van der Waals surface area contributed by atoms with Crippen molar-refractivity contribution in [1.82, 2.24) is 9.78 Å². The highest BCUT2D eigenvalue weighted by atomic mass is 35.5. The van der Waals surface area contributed by atoms with Crippen LogP contribution >= 0.6 is 23.2 Å². The number of anilines is 1. The molecule has 0 bridgehead atoms. The van der Waals surface area contributed by atoms with Crippen molar-refractivity contribution in [3.8, 4) is 5.69 Å². The third-order valence-electron chi connectivity index (χ3n) is 3.31. The summed E-state index contributed by atoms with van der Waals surface area (Å²) in [6, 6.07) is 1.45. The first-order chi connectivity index (χ1) is 12.1. The SMILES string of the molecule is CCNc1c(S(C)=O)c(CN=O)nn1-c1c(Cl)cc(C(F)(F)F)cc1Cl. The minimum absolute atomic E-state index is 0.0267. The van der Waals surface area contributed by atoms with E-state index in [2.05, 4.69) is 15.6 Å². The summed E-state index contributed by atoms with van der Waals surface area (Å²) in [4.78, 5) is 10.9. The molecule has 142 valence electrons. The van der Waals surface area contributed by atoms with Gasteiger partial charge in [-0.3, -0.25) is 4.21 Å². The maximum Gasteiger partial charge on any atom is 0.416 e. The van der Waals surface area contributed by atoms with E-state index in [0.29, 0.717) is 6.54 Å². The van der Waals surface area contributed by atoms with Gasteiger partial charge in [-0.05, 0) is 19.1 Å². The fourth-order valence-electron chi connectivity index (χ4n) is 2.33. The number of aromatic nitrogens is 2. The van der Waals surface area contributed by atoms with E-state index in [-0.39, 0.29) is 38.7 Å². The van der Waals surface area contributed by atoms with Crippen molar-refractivity contribution in [3.05, 3.63) is 38.3 Å². The predicted octanol–water partition coefficient (Wildman–Crippen LogP) is 4.63. The molecule has 2 aromatic rings. The Hall–Kier alpha value is -1.65. The molecule has 0 aliphatic heterocycles. The predicted molar refractivity (Wildman–Crippen MR) is 94.6 cm³/mol. The molecule has 0 saturated heterocycles. The average Bonchev–Trinajstić information content (AvgIpc) is 2.85. The molecule has 6 nitrogen and oxygen atoms in total. The molecule has 1 aromatic carbocycles. The molecule has 0 aliphatic rings. The normalized spacial score (nSPS) is 12.9. The maximum absolute atomic E-state index is 12.9. The fourth-order valence-corrected chi connectivity index (χ4v) is 3.85. The molecule has 1 unspecified atom stereocenters. The molecule has 26 heavy (non-hydrogen) atoms. The van der Waals surface area contributed by atoms with E-state index in [4.69, 9.17) is 23.2 Å². The second-order valence-electron chi connectivity index (χ2n) is 5.09. The highest BCUT2D eigenvalue weighted by molar-refractivity contribution is 7.84. The summed E-state index contributed by atoms with van der Waals surface area (Å²) < 4.78 is 52.0. The van der Waals surface area contributed by atoms with Gasteiger partial charge in [-0.25, -0.2) is 4.68 Å². The lowest BCUT2D eigenvalue weighted by molar-refractivity contribution is -0.137. The number of nitrogens with one attached hydrogen (secondary N) is 1. The van der Waals surface area contributed by atoms with Gasteiger partial charge in [0, 0.05) is 12.8 Å². The van der Waals surface area contributed by atoms with E-state index in [1.807, 2.05) is 0 Å². The van der Waals surface area contributed by atoms with Crippen LogP contribution in [0.3, 0.4) is 0 Å². The van der Waals surface area contributed by atoms with Crippen LogP contribution in [-0.2, 0) is 23.5 Å². The Balaban J connectivity index is 2.77. The second-order valence-corrected chi connectivity index (χ2v) is 7.23. The van der Waals surface area contributed by atoms with Crippen molar-refractivity contribution in [2.45, 2.75) is 24.5 Å². The first kappa shape index (κ1) is 20.7. The van der Waals surface area contributed by atoms with E-state index < -0.39 is 22.5 Å². The number of nitroso groups, excluding NO2 is 1. The molecular weight excluding hydrogens is 416 g/mol. The van der Waals surface area contributed by atoms with Crippen LogP contribution in [0.25, 0.3) is 5.69 Å². The monoisotopic (exact) mass is 428 g/mol. The summed E-state index contributed by atoms with van der Waals surface area (Å²) in [5.41, 5.74) is -0.924. The van der Waals surface area contributed by atoms with Crippen LogP contribution in [0.5, 0.6) is 0 Å². The van der Waals surface area contributed by atoms with E-state index >= 15 is 0 Å². The number of benzene rings is 1. The Morgan fingerprint density at radius 1 is 1.31 bits per heavy atom. The molecule has 0 amide bonds. The maximum atomic E-state index is 12.9. The van der Waals surface area contributed by atoms with Gasteiger partial charge in [0.05, 0.1) is 26.4 Å². The van der Waals surface area contributed by atoms with Gasteiger partial charge in [0.1, 0.15) is 28.6 Å². The van der Waals surface area contributed by atoms with Gasteiger partial charge in [0.2, 0.25) is 0 Å². The smallest absolute Gasteiger partial charge is 0.369 e. The van der Waals surface area contributed by atoms with Gasteiger partial charge < -0.3 is 5.32 Å². The van der Waals surface area contributed by atoms with Crippen LogP contribution in [-0.4, -0.2) is 26.8 Å². The van der Waals surface area contributed by atoms with Crippen LogP contribution in [0.1, 0.15) is 18.2 Å². The fraction of sp³-hybridized carbons (Fsp3) is 0.357. The van der Waals surface area contributed by atoms with E-state index in [9.17, 15) is 22.3 Å². The molecule has 0 spiro atoms. The average molecular weight is 429 g/mol. The van der Waals surface area contributed by atoms with Gasteiger partial charge in [-0.15, -0.1) is 0 Å². The highest BCUT2D eigenvalue weighted by Crippen LogP contribution is 2.39. The molecule has 12 heteroatoms. The summed E-state index contributed by atoms with van der Waals surface area (Å²) in [5, 5.41) is 9.21. The first-order valence-corrected chi connectivity index (χ1v) is 9.48. The number of rotatable bonds is 6. The van der Waals surface area contributed by atoms with Crippen LogP contribution in [0, 0.1) is 4.91 Å². The molecule has 1 heterocycles. The third-order valence-corrected chi connectivity index (χ3v) is 4.89. The summed E-state index contributed by atoms with van der Waals surface area (Å²) in [5.74, 6) is 0.218. The molecular formula is C14H13Cl2F3N4O2S. The quantitative estimate of drug-likeness (QED) is 0.680. The molecule has 1 atom stereocenters. The van der Waals surface area contributed by atoms with Gasteiger partial charge in [0.15, 0.2) is 0 Å². The lowest BCUT2D eigenvalue weighted by atomic mass is 10.2. The summed E-state index contributed by atoms with van der Waals surface area (Å²) in [6.07, 6.45) is -3.24. The van der Waals surface area contributed by atoms with Crippen molar-refractivity contribution in [1.29, 1.82) is 0 Å². The van der Waals surface area contributed by atoms with E-state index in [1.54, 1.807) is 6.92 Å². The molecule has 2 rings (SSSR count). The molecule has 1 N–H and O–H groups in total. The summed E-state index contributed by atoms with van der Waals surface area (Å²) in [6.45, 7) is 1.78. The lowest BCUT2D eigenvalue weighted by Crippen LogP contribution is -2.10. The van der Waals surface area contributed by atoms with Gasteiger partial charge in [-0.2, -0.15) is 23.2 Å². The molecule has 0 aliphatic carbocycles. The highest BCUT2D eigenvalue weighted by Gasteiger charge is 2.33. The van der Waals surface area contributed by atoms with Crippen LogP contribution in [0.4, 0.5) is 19.0 Å². The largest absolute Gasteiger partial charge is 0.416 e. The minimum atomic E-state index is -4.62. The van der Waals surface area contributed by atoms with Crippen LogP contribution in [0.2, 0.25) is 10.0 Å². The van der Waals surface area contributed by atoms with Gasteiger partial charge >= 0.3 is 6.18 Å². The number of nitrogens with zero attached hydrogens (tertiary/aromatic N) is 3. The number of hydrogen-bond donors (Lipinski definition) is 1.